The zero-order valence-corrected chi connectivity index (χ0v) is 35.1. The molecular weight excluding hydrogens is 740 g/mol. The number of nitrogens with one attached hydrogen (secondary N) is 5. The maximum Gasteiger partial charge on any atom is 0.326 e. The van der Waals surface area contributed by atoms with E-state index < -0.39 is 102 Å². The first kappa shape index (κ1) is 50.7. The number of unbranched alkanes of at least 4 members (excludes halogenated alkanes) is 1. The summed E-state index contributed by atoms with van der Waals surface area (Å²) < 4.78 is 0. The molecule has 0 aliphatic carbocycles. The molecule has 326 valence electrons. The molecule has 18 nitrogen and oxygen atoms in total. The molecule has 1 rings (SSSR count). The van der Waals surface area contributed by atoms with Crippen molar-refractivity contribution in [3.8, 4) is 0 Å². The van der Waals surface area contributed by atoms with E-state index in [-0.39, 0.29) is 56.4 Å². The van der Waals surface area contributed by atoms with Gasteiger partial charge in [-0.15, -0.1) is 0 Å². The van der Waals surface area contributed by atoms with Crippen LogP contribution in [0.4, 0.5) is 0 Å². The zero-order chi connectivity index (χ0) is 43.6. The summed E-state index contributed by atoms with van der Waals surface area (Å²) in [5.41, 5.74) is 11.6. The van der Waals surface area contributed by atoms with Crippen LogP contribution in [0.25, 0.3) is 0 Å². The molecule has 11 N–H and O–H groups in total. The molecule has 0 saturated carbocycles. The number of nitrogens with two attached hydrogens (primary N) is 2. The molecular formula is C39H70N8O10. The maximum absolute atomic E-state index is 14.1. The number of hydrogen-bond donors (Lipinski definition) is 9. The molecule has 1 heterocycles. The van der Waals surface area contributed by atoms with Crippen LogP contribution < -0.4 is 38.1 Å². The second-order valence-electron chi connectivity index (χ2n) is 16.7. The van der Waals surface area contributed by atoms with Crippen molar-refractivity contribution in [1.82, 2.24) is 31.5 Å². The van der Waals surface area contributed by atoms with Crippen molar-refractivity contribution in [2.75, 3.05) is 13.1 Å². The second kappa shape index (κ2) is 25.1. The van der Waals surface area contributed by atoms with Crippen LogP contribution in [0.15, 0.2) is 0 Å². The number of carboxylic acid groups (broad SMARTS) is 2. The van der Waals surface area contributed by atoms with Gasteiger partial charge in [-0.25, -0.2) is 4.79 Å². The molecule has 7 atom stereocenters. The third-order valence-corrected chi connectivity index (χ3v) is 9.65. The van der Waals surface area contributed by atoms with Gasteiger partial charge in [0, 0.05) is 13.0 Å². The zero-order valence-electron chi connectivity index (χ0n) is 35.1. The summed E-state index contributed by atoms with van der Waals surface area (Å²) in [4.78, 5) is 106. The first-order valence-corrected chi connectivity index (χ1v) is 20.3. The molecule has 0 spiro atoms. The Bertz CT molecular complexity index is 1370. The van der Waals surface area contributed by atoms with Gasteiger partial charge >= 0.3 is 11.9 Å². The summed E-state index contributed by atoms with van der Waals surface area (Å²) in [5, 5.41) is 32.4. The normalized spacial score (nSPS) is 17.4. The van der Waals surface area contributed by atoms with Gasteiger partial charge in [0.2, 0.25) is 35.4 Å². The number of carboxylic acids is 2. The van der Waals surface area contributed by atoms with E-state index in [9.17, 15) is 48.6 Å². The molecule has 0 aromatic rings. The fourth-order valence-corrected chi connectivity index (χ4v) is 6.64. The second-order valence-corrected chi connectivity index (χ2v) is 16.7. The van der Waals surface area contributed by atoms with E-state index in [1.807, 2.05) is 41.5 Å². The molecule has 1 saturated heterocycles. The summed E-state index contributed by atoms with van der Waals surface area (Å²) in [5.74, 6) is -6.99. The Labute approximate surface area is 337 Å². The monoisotopic (exact) mass is 811 g/mol. The van der Waals surface area contributed by atoms with Gasteiger partial charge in [-0.2, -0.15) is 0 Å². The van der Waals surface area contributed by atoms with Gasteiger partial charge in [-0.05, 0) is 81.6 Å². The van der Waals surface area contributed by atoms with Crippen LogP contribution in [0, 0.1) is 23.7 Å². The van der Waals surface area contributed by atoms with Crippen molar-refractivity contribution in [2.45, 2.75) is 162 Å². The van der Waals surface area contributed by atoms with Crippen molar-refractivity contribution in [3.63, 3.8) is 0 Å². The van der Waals surface area contributed by atoms with Gasteiger partial charge in [0.25, 0.3) is 0 Å². The average Bonchev–Trinajstić information content (AvgIpc) is 3.60. The number of aliphatic carboxylic acids is 2. The van der Waals surface area contributed by atoms with Crippen LogP contribution in [0.5, 0.6) is 0 Å². The maximum atomic E-state index is 14.1. The van der Waals surface area contributed by atoms with E-state index >= 15 is 0 Å². The first-order valence-electron chi connectivity index (χ1n) is 20.3. The number of carbonyl (C=O) groups excluding carboxylic acids is 6. The Morgan fingerprint density at radius 3 is 1.61 bits per heavy atom. The number of carbonyl (C=O) groups is 8. The molecule has 6 amide bonds. The molecule has 0 aromatic carbocycles. The van der Waals surface area contributed by atoms with Gasteiger partial charge in [-0.1, -0.05) is 61.8 Å². The Balaban J connectivity index is 3.28. The lowest BCUT2D eigenvalue weighted by Crippen LogP contribution is -2.60. The van der Waals surface area contributed by atoms with E-state index in [1.54, 1.807) is 13.8 Å². The molecule has 0 unspecified atom stereocenters. The predicted octanol–water partition coefficient (Wildman–Crippen LogP) is 0.601. The Kier molecular flexibility index (Phi) is 22.4. The highest BCUT2D eigenvalue weighted by molar-refractivity contribution is 5.97. The minimum Gasteiger partial charge on any atom is -0.481 e. The summed E-state index contributed by atoms with van der Waals surface area (Å²) in [6.07, 6.45) is 2.09. The third-order valence-electron chi connectivity index (χ3n) is 9.65. The smallest absolute Gasteiger partial charge is 0.326 e. The summed E-state index contributed by atoms with van der Waals surface area (Å²) in [7, 11) is 0. The topological polar surface area (TPSA) is 292 Å². The molecule has 0 radical (unpaired) electrons. The van der Waals surface area contributed by atoms with E-state index in [2.05, 4.69) is 26.6 Å². The summed E-state index contributed by atoms with van der Waals surface area (Å²) >= 11 is 0. The van der Waals surface area contributed by atoms with Crippen LogP contribution in [0.2, 0.25) is 0 Å². The van der Waals surface area contributed by atoms with Gasteiger partial charge in [0.05, 0.1) is 6.04 Å². The van der Waals surface area contributed by atoms with Crippen LogP contribution in [0.3, 0.4) is 0 Å². The highest BCUT2D eigenvalue weighted by Gasteiger charge is 2.40. The van der Waals surface area contributed by atoms with Crippen LogP contribution in [0.1, 0.15) is 120 Å². The first-order chi connectivity index (χ1) is 26.6. The molecule has 0 aromatic heterocycles. The van der Waals surface area contributed by atoms with Gasteiger partial charge in [0.15, 0.2) is 0 Å². The highest BCUT2D eigenvalue weighted by atomic mass is 16.4. The van der Waals surface area contributed by atoms with Crippen molar-refractivity contribution in [3.05, 3.63) is 0 Å². The van der Waals surface area contributed by atoms with Crippen LogP contribution in [-0.4, -0.2) is 118 Å². The predicted molar refractivity (Wildman–Crippen MR) is 213 cm³/mol. The molecule has 57 heavy (non-hydrogen) atoms. The van der Waals surface area contributed by atoms with E-state index in [0.29, 0.717) is 32.2 Å². The Hall–Kier alpha value is -4.32. The van der Waals surface area contributed by atoms with Crippen molar-refractivity contribution in [2.24, 2.45) is 35.1 Å². The fraction of sp³-hybridized carbons (Fsp3) is 0.795. The fourth-order valence-electron chi connectivity index (χ4n) is 6.64. The van der Waals surface area contributed by atoms with Crippen molar-refractivity contribution >= 4 is 47.4 Å². The molecule has 1 fully saturated rings. The molecule has 1 aliphatic heterocycles. The standard InChI is InChI=1S/C39H70N8O10/c1-21(2)18-27(43-33(50)25(41)12-9-10-16-40)35(52)44-28(19-22(3)4)34(51)42-26(14-15-31(48)49)38(55)47-17-11-13-30(47)36(53)46-32(24(7)8)37(54)45-29(39(56)57)20-23(5)6/h21-30,32H,9-20,40-41H2,1-8H3,(H,42,51)(H,43,50)(H,44,52)(H,45,54)(H,46,53)(H,48,49)(H,56,57)/t25-,26-,27-,28-,29-,30-,32-/m0/s1. The van der Waals surface area contributed by atoms with Crippen LogP contribution in [-0.2, 0) is 38.4 Å². The molecule has 0 bridgehead atoms. The van der Waals surface area contributed by atoms with E-state index in [1.165, 1.54) is 4.90 Å². The average molecular weight is 811 g/mol. The summed E-state index contributed by atoms with van der Waals surface area (Å²) in [6, 6.07) is -7.79. The molecule has 1 aliphatic rings. The number of rotatable bonds is 26. The van der Waals surface area contributed by atoms with Gasteiger partial charge in [-0.3, -0.25) is 33.6 Å². The van der Waals surface area contributed by atoms with E-state index in [4.69, 9.17) is 11.5 Å². The van der Waals surface area contributed by atoms with Crippen molar-refractivity contribution < 1.29 is 48.6 Å². The number of amides is 6. The van der Waals surface area contributed by atoms with E-state index in [0.717, 1.165) is 0 Å². The minimum atomic E-state index is -1.39. The lowest BCUT2D eigenvalue weighted by molar-refractivity contribution is -0.145. The third kappa shape index (κ3) is 18.2. The SMILES string of the molecule is CC(C)C[C@H](NC(=O)[C@@H](NC(=O)[C@@H]1CCCN1C(=O)[C@H](CCC(=O)O)NC(=O)[C@H](CC(C)C)NC(=O)[C@H](CC(C)C)NC(=O)[C@@H](N)CCCCN)C(C)C)C(=O)O. The van der Waals surface area contributed by atoms with Gasteiger partial charge in [0.1, 0.15) is 36.3 Å². The van der Waals surface area contributed by atoms with Gasteiger partial charge < -0.3 is 53.2 Å². The number of hydrogen-bond acceptors (Lipinski definition) is 10. The van der Waals surface area contributed by atoms with Crippen LogP contribution >= 0.6 is 0 Å². The quantitative estimate of drug-likeness (QED) is 0.0543. The van der Waals surface area contributed by atoms with Crippen molar-refractivity contribution in [1.29, 1.82) is 0 Å². The Morgan fingerprint density at radius 1 is 0.649 bits per heavy atom. The minimum absolute atomic E-state index is 0.0211. The Morgan fingerprint density at radius 2 is 1.14 bits per heavy atom. The number of likely N-dealkylation sites (tertiary alicyclic amines) is 1. The highest BCUT2D eigenvalue weighted by Crippen LogP contribution is 2.21. The largest absolute Gasteiger partial charge is 0.481 e. The molecule has 18 heteroatoms. The lowest BCUT2D eigenvalue weighted by atomic mass is 9.99. The summed E-state index contributed by atoms with van der Waals surface area (Å²) in [6.45, 7) is 15.0. The lowest BCUT2D eigenvalue weighted by Gasteiger charge is -2.32. The number of nitrogens with zero attached hydrogens (tertiary/aromatic N) is 1.